The molecule has 2 rings (SSSR count). The molecular weight excluding hydrogens is 374 g/mol. The van der Waals surface area contributed by atoms with Crippen molar-refractivity contribution in [1.29, 1.82) is 21.0 Å². The summed E-state index contributed by atoms with van der Waals surface area (Å²) in [6.45, 7) is 4.32. The van der Waals surface area contributed by atoms with E-state index in [1.54, 1.807) is 31.2 Å². The van der Waals surface area contributed by atoms with Crippen molar-refractivity contribution < 1.29 is 19.1 Å². The third-order valence-corrected chi connectivity index (χ3v) is 5.06. The molecule has 0 spiro atoms. The van der Waals surface area contributed by atoms with Crippen LogP contribution in [0, 0.1) is 56.2 Å². The van der Waals surface area contributed by atoms with E-state index in [1.165, 1.54) is 43.2 Å². The van der Waals surface area contributed by atoms with Gasteiger partial charge in [0.1, 0.15) is 11.3 Å². The Morgan fingerprint density at radius 2 is 1.52 bits per heavy atom. The number of nitriles is 4. The fourth-order valence-corrected chi connectivity index (χ4v) is 3.67. The second kappa shape index (κ2) is 7.50. The van der Waals surface area contributed by atoms with E-state index < -0.39 is 39.6 Å². The summed E-state index contributed by atoms with van der Waals surface area (Å²) in [6, 6.07) is 6.94. The van der Waals surface area contributed by atoms with Gasteiger partial charge in [-0.05, 0) is 26.8 Å². The predicted molar refractivity (Wildman–Crippen MR) is 96.1 cm³/mol. The minimum absolute atomic E-state index is 0.0453. The first-order valence-electron chi connectivity index (χ1n) is 8.70. The maximum absolute atomic E-state index is 12.9. The zero-order chi connectivity index (χ0) is 21.9. The van der Waals surface area contributed by atoms with Crippen LogP contribution in [0.25, 0.3) is 0 Å². The molecule has 2 aliphatic rings. The smallest absolute Gasteiger partial charge is 0.355 e. The zero-order valence-corrected chi connectivity index (χ0v) is 16.1. The van der Waals surface area contributed by atoms with E-state index in [1.807, 2.05) is 0 Å². The third-order valence-electron chi connectivity index (χ3n) is 5.06. The second-order valence-corrected chi connectivity index (χ2v) is 6.33. The Morgan fingerprint density at radius 1 is 0.966 bits per heavy atom. The molecule has 0 saturated carbocycles. The zero-order valence-electron chi connectivity index (χ0n) is 16.1. The molecule has 146 valence electrons. The van der Waals surface area contributed by atoms with Crippen LogP contribution in [-0.2, 0) is 19.1 Å². The van der Waals surface area contributed by atoms with E-state index in [-0.39, 0.29) is 13.2 Å². The van der Waals surface area contributed by atoms with Crippen LogP contribution in [-0.4, -0.2) is 35.6 Å². The molecule has 0 aromatic carbocycles. The Labute approximate surface area is 167 Å². The van der Waals surface area contributed by atoms with Gasteiger partial charge in [0.25, 0.3) is 0 Å². The van der Waals surface area contributed by atoms with Gasteiger partial charge in [-0.3, -0.25) is 0 Å². The van der Waals surface area contributed by atoms with E-state index in [0.29, 0.717) is 0 Å². The van der Waals surface area contributed by atoms with Crippen molar-refractivity contribution in [3.63, 3.8) is 0 Å². The SMILES string of the molecule is CCOC(=O)C1=C(C(=O)OCC)C(C#N)(C#N)C(C#N)(C#N)C2(C)C=CC=CN12. The molecule has 0 radical (unpaired) electrons. The third kappa shape index (κ3) is 2.49. The fraction of sp³-hybridized carbons (Fsp3) is 0.400. The maximum atomic E-state index is 12.9. The van der Waals surface area contributed by atoms with E-state index in [2.05, 4.69) is 0 Å². The molecule has 1 atom stereocenters. The van der Waals surface area contributed by atoms with Crippen molar-refractivity contribution in [2.45, 2.75) is 26.3 Å². The number of carbonyl (C=O) groups excluding carboxylic acids is 2. The molecule has 0 bridgehead atoms. The minimum Gasteiger partial charge on any atom is -0.462 e. The minimum atomic E-state index is -2.62. The van der Waals surface area contributed by atoms with E-state index in [4.69, 9.17) is 9.47 Å². The van der Waals surface area contributed by atoms with Crippen molar-refractivity contribution in [1.82, 2.24) is 4.90 Å². The number of hydrogen-bond acceptors (Lipinski definition) is 9. The average Bonchev–Trinajstić information content (AvgIpc) is 2.71. The molecule has 0 aromatic heterocycles. The Bertz CT molecular complexity index is 983. The summed E-state index contributed by atoms with van der Waals surface area (Å²) in [5, 5.41) is 40.2. The molecular formula is C20H17N5O4. The van der Waals surface area contributed by atoms with Gasteiger partial charge < -0.3 is 14.4 Å². The topological polar surface area (TPSA) is 151 Å². The Morgan fingerprint density at radius 3 is 2.00 bits per heavy atom. The summed E-state index contributed by atoms with van der Waals surface area (Å²) < 4.78 is 10.1. The maximum Gasteiger partial charge on any atom is 0.355 e. The van der Waals surface area contributed by atoms with Crippen LogP contribution in [0.5, 0.6) is 0 Å². The van der Waals surface area contributed by atoms with Gasteiger partial charge in [0.2, 0.25) is 10.8 Å². The van der Waals surface area contributed by atoms with Crippen LogP contribution < -0.4 is 0 Å². The van der Waals surface area contributed by atoms with Crippen molar-refractivity contribution >= 4 is 11.9 Å². The number of ether oxygens (including phenoxy) is 2. The van der Waals surface area contributed by atoms with Gasteiger partial charge in [-0.25, -0.2) is 9.59 Å². The number of carbonyl (C=O) groups is 2. The quantitative estimate of drug-likeness (QED) is 0.650. The summed E-state index contributed by atoms with van der Waals surface area (Å²) in [5.41, 5.74) is -7.73. The van der Waals surface area contributed by atoms with Crippen LogP contribution in [0.1, 0.15) is 20.8 Å². The lowest BCUT2D eigenvalue weighted by Gasteiger charge is -2.54. The van der Waals surface area contributed by atoms with Crippen molar-refractivity contribution in [2.24, 2.45) is 10.8 Å². The monoisotopic (exact) mass is 391 g/mol. The number of esters is 2. The summed E-state index contributed by atoms with van der Waals surface area (Å²) >= 11 is 0. The van der Waals surface area contributed by atoms with E-state index >= 15 is 0 Å². The summed E-state index contributed by atoms with van der Waals surface area (Å²) in [5.74, 6) is -2.14. The number of hydrogen-bond donors (Lipinski definition) is 0. The standard InChI is InChI=1S/C20H17N5O4/c1-4-28-16(26)14-15(17(27)29-5-2)25-9-7-6-8-18(25,3)20(12-23,13-24)19(14,10-21)11-22/h6-9H,4-5H2,1-3H3. The van der Waals surface area contributed by atoms with Gasteiger partial charge >= 0.3 is 11.9 Å². The van der Waals surface area contributed by atoms with E-state index in [0.717, 1.165) is 0 Å². The first-order chi connectivity index (χ1) is 13.8. The average molecular weight is 391 g/mol. The fourth-order valence-electron chi connectivity index (χ4n) is 3.67. The van der Waals surface area contributed by atoms with Crippen LogP contribution in [0.4, 0.5) is 0 Å². The normalized spacial score (nSPS) is 22.9. The van der Waals surface area contributed by atoms with Crippen molar-refractivity contribution in [3.05, 3.63) is 35.7 Å². The number of fused-ring (bicyclic) bond motifs is 1. The number of allylic oxidation sites excluding steroid dienone is 2. The first kappa shape index (κ1) is 21.2. The van der Waals surface area contributed by atoms with Gasteiger partial charge in [0.05, 0.1) is 43.0 Å². The number of nitrogens with zero attached hydrogens (tertiary/aromatic N) is 5. The van der Waals surface area contributed by atoms with Crippen LogP contribution in [0.15, 0.2) is 35.7 Å². The highest BCUT2D eigenvalue weighted by Gasteiger charge is 2.73. The van der Waals surface area contributed by atoms with Gasteiger partial charge in [0.15, 0.2) is 0 Å². The highest BCUT2D eigenvalue weighted by molar-refractivity contribution is 6.03. The van der Waals surface area contributed by atoms with Gasteiger partial charge in [-0.15, -0.1) is 0 Å². The van der Waals surface area contributed by atoms with Gasteiger partial charge in [-0.1, -0.05) is 12.2 Å². The van der Waals surface area contributed by atoms with Crippen LogP contribution >= 0.6 is 0 Å². The summed E-state index contributed by atoms with van der Waals surface area (Å²) in [7, 11) is 0. The van der Waals surface area contributed by atoms with E-state index in [9.17, 15) is 30.6 Å². The molecule has 0 fully saturated rings. The largest absolute Gasteiger partial charge is 0.462 e. The molecule has 1 unspecified atom stereocenters. The molecule has 0 amide bonds. The molecule has 29 heavy (non-hydrogen) atoms. The molecule has 0 aliphatic carbocycles. The molecule has 0 N–H and O–H groups in total. The Kier molecular flexibility index (Phi) is 5.49. The molecule has 2 heterocycles. The molecule has 0 saturated heterocycles. The summed E-state index contributed by atoms with van der Waals surface area (Å²) in [6.07, 6.45) is 5.87. The Hall–Kier alpha value is -4.08. The first-order valence-corrected chi connectivity index (χ1v) is 8.70. The van der Waals surface area contributed by atoms with Crippen LogP contribution in [0.2, 0.25) is 0 Å². The molecule has 9 nitrogen and oxygen atoms in total. The highest BCUT2D eigenvalue weighted by atomic mass is 16.5. The van der Waals surface area contributed by atoms with Gasteiger partial charge in [-0.2, -0.15) is 21.0 Å². The highest BCUT2D eigenvalue weighted by Crippen LogP contribution is 2.59. The summed E-state index contributed by atoms with van der Waals surface area (Å²) in [4.78, 5) is 26.9. The lowest BCUT2D eigenvalue weighted by atomic mass is 9.50. The Balaban J connectivity index is 3.15. The molecule has 9 heteroatoms. The second-order valence-electron chi connectivity index (χ2n) is 6.33. The molecule has 0 aromatic rings. The number of rotatable bonds is 4. The van der Waals surface area contributed by atoms with Crippen molar-refractivity contribution in [3.8, 4) is 24.3 Å². The van der Waals surface area contributed by atoms with Crippen LogP contribution in [0.3, 0.4) is 0 Å². The predicted octanol–water partition coefficient (Wildman–Crippen LogP) is 1.59. The van der Waals surface area contributed by atoms with Crippen molar-refractivity contribution in [2.75, 3.05) is 13.2 Å². The lowest BCUT2D eigenvalue weighted by Crippen LogP contribution is -2.66. The van der Waals surface area contributed by atoms with Gasteiger partial charge in [0, 0.05) is 6.20 Å². The molecule has 2 aliphatic heterocycles. The lowest BCUT2D eigenvalue weighted by molar-refractivity contribution is -0.146.